The number of nitrogen functional groups attached to an aromatic ring is 1. The van der Waals surface area contributed by atoms with Gasteiger partial charge in [-0.2, -0.15) is 13.2 Å². The minimum absolute atomic E-state index is 0.0115. The maximum absolute atomic E-state index is 12.3. The van der Waals surface area contributed by atoms with Crippen LogP contribution < -0.4 is 11.1 Å². The fraction of sp³-hybridized carbons (Fsp3) is 0.111. The number of alkyl halides is 3. The normalized spacial score (nSPS) is 11.3. The van der Waals surface area contributed by atoms with E-state index in [1.54, 1.807) is 0 Å². The highest BCUT2D eigenvalue weighted by molar-refractivity contribution is 7.16. The van der Waals surface area contributed by atoms with Gasteiger partial charge in [0.05, 0.1) is 11.9 Å². The molecule has 0 aliphatic carbocycles. The summed E-state index contributed by atoms with van der Waals surface area (Å²) in [5.74, 6) is -0.615. The van der Waals surface area contributed by atoms with Crippen LogP contribution in [0.4, 0.5) is 24.0 Å². The molecule has 2 aromatic rings. The summed E-state index contributed by atoms with van der Waals surface area (Å²) in [6, 6.07) is 1.86. The van der Waals surface area contributed by atoms with Gasteiger partial charge in [0, 0.05) is 0 Å². The number of aromatic nitrogens is 3. The maximum Gasteiger partial charge on any atom is 0.433 e. The number of amides is 1. The van der Waals surface area contributed by atoms with E-state index in [1.165, 1.54) is 0 Å². The van der Waals surface area contributed by atoms with Crippen LogP contribution in [-0.4, -0.2) is 21.1 Å². The second kappa shape index (κ2) is 4.80. The lowest BCUT2D eigenvalue weighted by Gasteiger charge is -2.06. The summed E-state index contributed by atoms with van der Waals surface area (Å²) in [5.41, 5.74) is 4.39. The summed E-state index contributed by atoms with van der Waals surface area (Å²) < 4.78 is 36.8. The van der Waals surface area contributed by atoms with Crippen LogP contribution in [-0.2, 0) is 6.18 Å². The standard InChI is InChI=1S/C9H6F3N5OS/c10-9(11,12)5-2-1-4(3-14-5)15-6(18)7-16-17-8(13)19-7/h1-3H,(H2,13,17)(H,15,18). The van der Waals surface area contributed by atoms with Crippen LogP contribution in [0, 0.1) is 0 Å². The predicted molar refractivity (Wildman–Crippen MR) is 61.5 cm³/mol. The van der Waals surface area contributed by atoms with Crippen molar-refractivity contribution in [1.29, 1.82) is 0 Å². The molecule has 2 aromatic heterocycles. The molecule has 19 heavy (non-hydrogen) atoms. The molecule has 0 bridgehead atoms. The van der Waals surface area contributed by atoms with E-state index in [9.17, 15) is 18.0 Å². The molecule has 0 fully saturated rings. The second-order valence-electron chi connectivity index (χ2n) is 3.33. The topological polar surface area (TPSA) is 93.8 Å². The van der Waals surface area contributed by atoms with Gasteiger partial charge in [0.15, 0.2) is 0 Å². The average molecular weight is 289 g/mol. The van der Waals surface area contributed by atoms with Gasteiger partial charge in [-0.05, 0) is 12.1 Å². The summed E-state index contributed by atoms with van der Waals surface area (Å²) in [6.45, 7) is 0. The van der Waals surface area contributed by atoms with Crippen molar-refractivity contribution in [2.75, 3.05) is 11.1 Å². The fourth-order valence-corrected chi connectivity index (χ4v) is 1.65. The molecule has 0 saturated heterocycles. The first-order valence-corrected chi connectivity index (χ1v) is 5.61. The van der Waals surface area contributed by atoms with E-state index >= 15 is 0 Å². The predicted octanol–water partition coefficient (Wildman–Crippen LogP) is 1.79. The highest BCUT2D eigenvalue weighted by Crippen LogP contribution is 2.27. The van der Waals surface area contributed by atoms with Gasteiger partial charge in [-0.1, -0.05) is 11.3 Å². The number of carbonyl (C=O) groups is 1. The zero-order valence-electron chi connectivity index (χ0n) is 9.10. The third-order valence-corrected chi connectivity index (χ3v) is 2.70. The molecule has 0 aliphatic rings. The fourth-order valence-electron chi connectivity index (χ4n) is 1.15. The van der Waals surface area contributed by atoms with E-state index in [4.69, 9.17) is 5.73 Å². The number of carbonyl (C=O) groups excluding carboxylic acids is 1. The largest absolute Gasteiger partial charge is 0.433 e. The summed E-state index contributed by atoms with van der Waals surface area (Å²) >= 11 is 0.866. The Labute approximate surface area is 108 Å². The molecule has 3 N–H and O–H groups in total. The lowest BCUT2D eigenvalue weighted by atomic mass is 10.3. The van der Waals surface area contributed by atoms with Crippen molar-refractivity contribution in [3.8, 4) is 0 Å². The van der Waals surface area contributed by atoms with E-state index in [-0.39, 0.29) is 15.8 Å². The Bertz CT molecular complexity index is 595. The van der Waals surface area contributed by atoms with Gasteiger partial charge in [-0.3, -0.25) is 4.79 Å². The van der Waals surface area contributed by atoms with E-state index in [0.29, 0.717) is 0 Å². The first kappa shape index (κ1) is 13.2. The van der Waals surface area contributed by atoms with E-state index in [0.717, 1.165) is 29.7 Å². The highest BCUT2D eigenvalue weighted by Gasteiger charge is 2.32. The smallest absolute Gasteiger partial charge is 0.374 e. The minimum Gasteiger partial charge on any atom is -0.374 e. The van der Waals surface area contributed by atoms with Crippen molar-refractivity contribution in [2.24, 2.45) is 0 Å². The van der Waals surface area contributed by atoms with Crippen molar-refractivity contribution in [2.45, 2.75) is 6.18 Å². The Balaban J connectivity index is 2.10. The SMILES string of the molecule is Nc1nnc(C(=O)Nc2ccc(C(F)(F)F)nc2)s1. The second-order valence-corrected chi connectivity index (χ2v) is 4.34. The van der Waals surface area contributed by atoms with Gasteiger partial charge in [-0.25, -0.2) is 4.98 Å². The molecular formula is C9H6F3N5OS. The monoisotopic (exact) mass is 289 g/mol. The Morgan fingerprint density at radius 1 is 1.32 bits per heavy atom. The Hall–Kier alpha value is -2.23. The van der Waals surface area contributed by atoms with E-state index < -0.39 is 17.8 Å². The molecule has 6 nitrogen and oxygen atoms in total. The summed E-state index contributed by atoms with van der Waals surface area (Å²) in [6.07, 6.45) is -3.61. The summed E-state index contributed by atoms with van der Waals surface area (Å²) in [5, 5.41) is 9.41. The number of halogens is 3. The molecule has 2 heterocycles. The zero-order valence-corrected chi connectivity index (χ0v) is 9.92. The molecule has 0 unspecified atom stereocenters. The lowest BCUT2D eigenvalue weighted by Crippen LogP contribution is -2.13. The number of hydrogen-bond acceptors (Lipinski definition) is 6. The molecule has 0 spiro atoms. The van der Waals surface area contributed by atoms with E-state index in [1.807, 2.05) is 0 Å². The van der Waals surface area contributed by atoms with Crippen LogP contribution in [0.25, 0.3) is 0 Å². The molecule has 100 valence electrons. The highest BCUT2D eigenvalue weighted by atomic mass is 32.1. The Kier molecular flexibility index (Phi) is 3.34. The van der Waals surface area contributed by atoms with Crippen LogP contribution in [0.2, 0.25) is 0 Å². The Morgan fingerprint density at radius 3 is 2.53 bits per heavy atom. The molecule has 0 atom stereocenters. The van der Waals surface area contributed by atoms with Gasteiger partial charge < -0.3 is 11.1 Å². The number of nitrogens with one attached hydrogen (secondary N) is 1. The number of hydrogen-bond donors (Lipinski definition) is 2. The third-order valence-electron chi connectivity index (χ3n) is 1.95. The van der Waals surface area contributed by atoms with Crippen molar-refractivity contribution in [1.82, 2.24) is 15.2 Å². The van der Waals surface area contributed by atoms with Gasteiger partial charge in [0.25, 0.3) is 5.91 Å². The summed E-state index contributed by atoms with van der Waals surface area (Å²) in [4.78, 5) is 14.8. The van der Waals surface area contributed by atoms with Crippen LogP contribution in [0.1, 0.15) is 15.5 Å². The molecule has 0 aromatic carbocycles. The van der Waals surface area contributed by atoms with Crippen LogP contribution in [0.3, 0.4) is 0 Å². The average Bonchev–Trinajstić information content (AvgIpc) is 2.75. The summed E-state index contributed by atoms with van der Waals surface area (Å²) in [7, 11) is 0. The van der Waals surface area contributed by atoms with Crippen molar-refractivity contribution in [3.63, 3.8) is 0 Å². The molecule has 1 amide bonds. The van der Waals surface area contributed by atoms with Gasteiger partial charge in [0.2, 0.25) is 10.1 Å². The van der Waals surface area contributed by atoms with Gasteiger partial charge in [0.1, 0.15) is 5.69 Å². The molecule has 0 aliphatic heterocycles. The number of rotatable bonds is 2. The third kappa shape index (κ3) is 3.16. The molecule has 10 heteroatoms. The molecule has 2 rings (SSSR count). The maximum atomic E-state index is 12.3. The van der Waals surface area contributed by atoms with Gasteiger partial charge in [-0.15, -0.1) is 10.2 Å². The zero-order chi connectivity index (χ0) is 14.0. The van der Waals surface area contributed by atoms with Crippen LogP contribution in [0.15, 0.2) is 18.3 Å². The number of nitrogens with two attached hydrogens (primary N) is 1. The first-order chi connectivity index (χ1) is 8.86. The van der Waals surface area contributed by atoms with Crippen LogP contribution >= 0.6 is 11.3 Å². The molecule has 0 saturated carbocycles. The van der Waals surface area contributed by atoms with Crippen LogP contribution in [0.5, 0.6) is 0 Å². The number of nitrogens with zero attached hydrogens (tertiary/aromatic N) is 3. The lowest BCUT2D eigenvalue weighted by molar-refractivity contribution is -0.141. The number of pyridine rings is 1. The van der Waals surface area contributed by atoms with E-state index in [2.05, 4.69) is 20.5 Å². The minimum atomic E-state index is -4.52. The Morgan fingerprint density at radius 2 is 2.05 bits per heavy atom. The molecular weight excluding hydrogens is 283 g/mol. The quantitative estimate of drug-likeness (QED) is 0.879. The number of anilines is 2. The van der Waals surface area contributed by atoms with Crippen molar-refractivity contribution < 1.29 is 18.0 Å². The first-order valence-electron chi connectivity index (χ1n) is 4.80. The van der Waals surface area contributed by atoms with Crippen molar-refractivity contribution >= 4 is 28.1 Å². The van der Waals surface area contributed by atoms with Gasteiger partial charge >= 0.3 is 6.18 Å². The molecule has 0 radical (unpaired) electrons. The van der Waals surface area contributed by atoms with Crippen molar-refractivity contribution in [3.05, 3.63) is 29.0 Å².